The summed E-state index contributed by atoms with van der Waals surface area (Å²) in [4.78, 5) is 12.1. The van der Waals surface area contributed by atoms with Crippen LogP contribution in [0.25, 0.3) is 0 Å². The predicted molar refractivity (Wildman–Crippen MR) is 75.1 cm³/mol. The number of nitrogens with one attached hydrogen (secondary N) is 2. The number of hydrogen-bond donors (Lipinski definition) is 3. The van der Waals surface area contributed by atoms with Gasteiger partial charge in [0.15, 0.2) is 5.82 Å². The Morgan fingerprint density at radius 1 is 1.43 bits per heavy atom. The number of carbonyl (C=O) groups is 1. The molecule has 0 aliphatic carbocycles. The van der Waals surface area contributed by atoms with Crippen LogP contribution >= 0.6 is 0 Å². The number of hydrogen-bond acceptors (Lipinski definition) is 5. The first-order valence-corrected chi connectivity index (χ1v) is 6.41. The lowest BCUT2D eigenvalue weighted by molar-refractivity contribution is 0.0949. The van der Waals surface area contributed by atoms with Crippen molar-refractivity contribution in [2.24, 2.45) is 0 Å². The number of H-pyrrole nitrogens is 1. The molecule has 3 N–H and O–H groups in total. The molecule has 0 saturated carbocycles. The molecule has 0 aliphatic rings. The zero-order chi connectivity index (χ0) is 15.1. The number of amides is 1. The van der Waals surface area contributed by atoms with E-state index >= 15 is 0 Å². The maximum Gasteiger partial charge on any atom is 0.251 e. The molecule has 0 saturated heterocycles. The Morgan fingerprint density at radius 3 is 3.00 bits per heavy atom. The van der Waals surface area contributed by atoms with Gasteiger partial charge < -0.3 is 10.4 Å². The number of aromatic amines is 1. The molecular weight excluding hydrogens is 270 g/mol. The number of rotatable bonds is 4. The van der Waals surface area contributed by atoms with Gasteiger partial charge in [0, 0.05) is 17.5 Å². The van der Waals surface area contributed by atoms with Crippen LogP contribution in [0.4, 0.5) is 0 Å². The van der Waals surface area contributed by atoms with Gasteiger partial charge in [0.1, 0.15) is 0 Å². The van der Waals surface area contributed by atoms with Crippen LogP contribution in [0.1, 0.15) is 33.7 Å². The van der Waals surface area contributed by atoms with Gasteiger partial charge in [-0.3, -0.25) is 4.79 Å². The Morgan fingerprint density at radius 2 is 2.29 bits per heavy atom. The zero-order valence-electron chi connectivity index (χ0n) is 11.6. The van der Waals surface area contributed by atoms with Crippen LogP contribution in [0.3, 0.4) is 0 Å². The molecule has 21 heavy (non-hydrogen) atoms. The highest BCUT2D eigenvalue weighted by molar-refractivity contribution is 5.94. The third kappa shape index (κ3) is 4.40. The van der Waals surface area contributed by atoms with Crippen LogP contribution in [0, 0.1) is 18.8 Å². The highest BCUT2D eigenvalue weighted by Crippen LogP contribution is 2.09. The fourth-order valence-corrected chi connectivity index (χ4v) is 1.73. The second kappa shape index (κ2) is 7.17. The first-order valence-electron chi connectivity index (χ1n) is 6.41. The molecule has 7 nitrogen and oxygen atoms in total. The number of aliphatic hydroxyl groups excluding tert-OH is 1. The third-order valence-electron chi connectivity index (χ3n) is 2.61. The van der Waals surface area contributed by atoms with Crippen molar-refractivity contribution in [3.8, 4) is 11.8 Å². The van der Waals surface area contributed by atoms with Crippen molar-refractivity contribution in [3.63, 3.8) is 0 Å². The van der Waals surface area contributed by atoms with Gasteiger partial charge in [-0.15, -0.1) is 10.2 Å². The van der Waals surface area contributed by atoms with E-state index in [1.54, 1.807) is 12.1 Å². The largest absolute Gasteiger partial charge is 0.395 e. The van der Waals surface area contributed by atoms with Gasteiger partial charge in [0.25, 0.3) is 5.91 Å². The number of aryl methyl sites for hydroxylation is 1. The van der Waals surface area contributed by atoms with Gasteiger partial charge in [-0.1, -0.05) is 17.1 Å². The molecular formula is C14H15N5O2. The summed E-state index contributed by atoms with van der Waals surface area (Å²) >= 11 is 0. The maximum atomic E-state index is 12.1. The molecule has 0 fully saturated rings. The average Bonchev–Trinajstić information content (AvgIpc) is 2.98. The highest BCUT2D eigenvalue weighted by Gasteiger charge is 2.08. The molecule has 1 heterocycles. The molecule has 108 valence electrons. The van der Waals surface area contributed by atoms with Gasteiger partial charge in [0.05, 0.1) is 13.2 Å². The molecule has 1 aromatic carbocycles. The summed E-state index contributed by atoms with van der Waals surface area (Å²) < 4.78 is 0. The van der Waals surface area contributed by atoms with Crippen molar-refractivity contribution < 1.29 is 9.90 Å². The Bertz CT molecular complexity index is 670. The Hall–Kier alpha value is -2.72. The molecule has 0 spiro atoms. The normalized spacial score (nSPS) is 9.81. The molecule has 0 unspecified atom stereocenters. The molecule has 2 rings (SSSR count). The summed E-state index contributed by atoms with van der Waals surface area (Å²) in [6, 6.07) is 5.38. The molecule has 7 heteroatoms. The first kappa shape index (κ1) is 14.7. The van der Waals surface area contributed by atoms with Crippen LogP contribution in [-0.4, -0.2) is 38.2 Å². The van der Waals surface area contributed by atoms with E-state index in [1.807, 2.05) is 13.0 Å². The minimum Gasteiger partial charge on any atom is -0.395 e. The van der Waals surface area contributed by atoms with E-state index in [-0.39, 0.29) is 19.1 Å². The third-order valence-corrected chi connectivity index (χ3v) is 2.61. The van der Waals surface area contributed by atoms with Crippen LogP contribution in [0.15, 0.2) is 18.2 Å². The van der Waals surface area contributed by atoms with E-state index in [0.717, 1.165) is 11.1 Å². The highest BCUT2D eigenvalue weighted by atomic mass is 16.2. The Balaban J connectivity index is 2.08. The number of benzene rings is 1. The standard InChI is InChI=1S/C14H15N5O2/c1-10-6-11(4-2-3-5-20)8-12(7-10)14(21)15-9-13-16-18-19-17-13/h6-8,20H,3,5,9H2,1H3,(H,15,21)(H,16,17,18,19). The quantitative estimate of drug-likeness (QED) is 0.695. The van der Waals surface area contributed by atoms with E-state index in [1.165, 1.54) is 0 Å². The summed E-state index contributed by atoms with van der Waals surface area (Å²) in [6.07, 6.45) is 0.410. The summed E-state index contributed by atoms with van der Waals surface area (Å²) in [5.74, 6) is 5.94. The second-order valence-corrected chi connectivity index (χ2v) is 4.37. The van der Waals surface area contributed by atoms with Crippen molar-refractivity contribution in [2.45, 2.75) is 19.9 Å². The van der Waals surface area contributed by atoms with Gasteiger partial charge in [0.2, 0.25) is 0 Å². The monoisotopic (exact) mass is 285 g/mol. The molecule has 1 amide bonds. The van der Waals surface area contributed by atoms with Gasteiger partial charge >= 0.3 is 0 Å². The average molecular weight is 285 g/mol. The van der Waals surface area contributed by atoms with Crippen molar-refractivity contribution in [1.82, 2.24) is 25.9 Å². The van der Waals surface area contributed by atoms with Crippen molar-refractivity contribution in [3.05, 3.63) is 40.7 Å². The van der Waals surface area contributed by atoms with E-state index in [0.29, 0.717) is 17.8 Å². The van der Waals surface area contributed by atoms with Gasteiger partial charge in [-0.25, -0.2) is 0 Å². The number of aliphatic hydroxyl groups is 1. The van der Waals surface area contributed by atoms with Gasteiger partial charge in [-0.05, 0) is 30.7 Å². The van der Waals surface area contributed by atoms with E-state index in [9.17, 15) is 4.79 Å². The molecule has 0 bridgehead atoms. The lowest BCUT2D eigenvalue weighted by Gasteiger charge is -2.05. The summed E-state index contributed by atoms with van der Waals surface area (Å²) in [7, 11) is 0. The summed E-state index contributed by atoms with van der Waals surface area (Å²) in [6.45, 7) is 2.12. The van der Waals surface area contributed by atoms with Crippen LogP contribution in [0.2, 0.25) is 0 Å². The van der Waals surface area contributed by atoms with Crippen LogP contribution in [0.5, 0.6) is 0 Å². The first-order chi connectivity index (χ1) is 10.2. The zero-order valence-corrected chi connectivity index (χ0v) is 11.6. The number of tetrazole rings is 1. The predicted octanol–water partition coefficient (Wildman–Crippen LogP) is 0.172. The van der Waals surface area contributed by atoms with E-state index < -0.39 is 0 Å². The number of carbonyl (C=O) groups excluding carboxylic acids is 1. The number of aromatic nitrogens is 4. The van der Waals surface area contributed by atoms with Gasteiger partial charge in [-0.2, -0.15) is 5.21 Å². The van der Waals surface area contributed by atoms with E-state index in [4.69, 9.17) is 5.11 Å². The molecule has 0 atom stereocenters. The van der Waals surface area contributed by atoms with Crippen molar-refractivity contribution in [2.75, 3.05) is 6.61 Å². The molecule has 0 aliphatic heterocycles. The lowest BCUT2D eigenvalue weighted by Crippen LogP contribution is -2.23. The second-order valence-electron chi connectivity index (χ2n) is 4.37. The topological polar surface area (TPSA) is 104 Å². The summed E-state index contributed by atoms with van der Waals surface area (Å²) in [5, 5.41) is 24.7. The Labute approximate surface area is 121 Å². The minimum absolute atomic E-state index is 0.0247. The fourth-order valence-electron chi connectivity index (χ4n) is 1.73. The SMILES string of the molecule is Cc1cc(C#CCCO)cc(C(=O)NCc2nn[nH]n2)c1. The van der Waals surface area contributed by atoms with Crippen LogP contribution in [-0.2, 0) is 6.54 Å². The smallest absolute Gasteiger partial charge is 0.251 e. The molecule has 2 aromatic rings. The summed E-state index contributed by atoms with van der Waals surface area (Å²) in [5.41, 5.74) is 2.20. The fraction of sp³-hybridized carbons (Fsp3) is 0.286. The minimum atomic E-state index is -0.228. The lowest BCUT2D eigenvalue weighted by atomic mass is 10.1. The number of nitrogens with zero attached hydrogens (tertiary/aromatic N) is 3. The molecule has 0 radical (unpaired) electrons. The maximum absolute atomic E-state index is 12.1. The van der Waals surface area contributed by atoms with Crippen molar-refractivity contribution in [1.29, 1.82) is 0 Å². The van der Waals surface area contributed by atoms with E-state index in [2.05, 4.69) is 37.8 Å². The molecule has 1 aromatic heterocycles. The van der Waals surface area contributed by atoms with Crippen LogP contribution < -0.4 is 5.32 Å². The Kier molecular flexibility index (Phi) is 5.01. The van der Waals surface area contributed by atoms with Crippen molar-refractivity contribution >= 4 is 5.91 Å².